The Bertz CT molecular complexity index is 238. The van der Waals surface area contributed by atoms with E-state index in [4.69, 9.17) is 4.74 Å². The highest BCUT2D eigenvalue weighted by molar-refractivity contribution is 9.12. The van der Waals surface area contributed by atoms with E-state index in [1.165, 1.54) is 0 Å². The first-order valence-corrected chi connectivity index (χ1v) is 5.07. The van der Waals surface area contributed by atoms with Gasteiger partial charge in [-0.3, -0.25) is 4.79 Å². The van der Waals surface area contributed by atoms with Gasteiger partial charge in [0.15, 0.2) is 0 Å². The van der Waals surface area contributed by atoms with Crippen LogP contribution in [0.5, 0.6) is 0 Å². The normalized spacial score (nSPS) is 23.1. The smallest absolute Gasteiger partial charge is 0.297 e. The maximum absolute atomic E-state index is 11.0. The highest BCUT2D eigenvalue weighted by Gasteiger charge is 2.22. The number of rotatable bonds is 2. The van der Waals surface area contributed by atoms with Gasteiger partial charge in [0.25, 0.3) is 5.91 Å². The molecule has 3 nitrogen and oxygen atoms in total. The maximum atomic E-state index is 11.0. The SMILES string of the molecule is CC(NC(=O)C#CBr)C1CCCO1. The number of amides is 1. The van der Waals surface area contributed by atoms with E-state index in [0.29, 0.717) is 0 Å². The Morgan fingerprint density at radius 3 is 3.08 bits per heavy atom. The van der Waals surface area contributed by atoms with E-state index in [0.717, 1.165) is 19.4 Å². The molecule has 0 spiro atoms. The molecule has 72 valence electrons. The molecule has 4 heteroatoms. The summed E-state index contributed by atoms with van der Waals surface area (Å²) >= 11 is 2.87. The second-order valence-electron chi connectivity index (χ2n) is 3.03. The van der Waals surface area contributed by atoms with Crippen molar-refractivity contribution in [1.29, 1.82) is 0 Å². The molecular weight excluding hydrogens is 234 g/mol. The van der Waals surface area contributed by atoms with Crippen LogP contribution in [0.3, 0.4) is 0 Å². The lowest BCUT2D eigenvalue weighted by Crippen LogP contribution is -2.40. The van der Waals surface area contributed by atoms with Crippen molar-refractivity contribution in [3.63, 3.8) is 0 Å². The van der Waals surface area contributed by atoms with Gasteiger partial charge in [-0.25, -0.2) is 0 Å². The number of halogens is 1. The zero-order valence-corrected chi connectivity index (χ0v) is 9.06. The molecule has 0 saturated carbocycles. The summed E-state index contributed by atoms with van der Waals surface area (Å²) in [4.78, 5) is 13.4. The summed E-state index contributed by atoms with van der Waals surface area (Å²) in [5, 5.41) is 2.76. The molecule has 2 atom stereocenters. The van der Waals surface area contributed by atoms with Crippen LogP contribution in [0, 0.1) is 10.8 Å². The van der Waals surface area contributed by atoms with Crippen LogP contribution in [0.1, 0.15) is 19.8 Å². The average molecular weight is 246 g/mol. The fourth-order valence-corrected chi connectivity index (χ4v) is 1.56. The Balaban J connectivity index is 2.33. The summed E-state index contributed by atoms with van der Waals surface area (Å²) < 4.78 is 5.42. The van der Waals surface area contributed by atoms with Gasteiger partial charge < -0.3 is 10.1 Å². The van der Waals surface area contributed by atoms with Gasteiger partial charge in [-0.1, -0.05) is 0 Å². The first kappa shape index (κ1) is 10.6. The van der Waals surface area contributed by atoms with Crippen LogP contribution < -0.4 is 5.32 Å². The van der Waals surface area contributed by atoms with Crippen LogP contribution in [-0.4, -0.2) is 24.7 Å². The van der Waals surface area contributed by atoms with Gasteiger partial charge in [-0.15, -0.1) is 0 Å². The number of hydrogen-bond donors (Lipinski definition) is 1. The molecule has 13 heavy (non-hydrogen) atoms. The van der Waals surface area contributed by atoms with Crippen LogP contribution in [0.15, 0.2) is 0 Å². The molecule has 0 bridgehead atoms. The highest BCUT2D eigenvalue weighted by Crippen LogP contribution is 2.14. The molecule has 1 aliphatic heterocycles. The molecule has 0 aromatic carbocycles. The summed E-state index contributed by atoms with van der Waals surface area (Å²) in [5.41, 5.74) is 0. The van der Waals surface area contributed by atoms with Crippen molar-refractivity contribution >= 4 is 21.8 Å². The molecular formula is C9H12BrNO2. The third-order valence-corrected chi connectivity index (χ3v) is 2.24. The molecule has 0 radical (unpaired) electrons. The van der Waals surface area contributed by atoms with E-state index in [1.807, 2.05) is 6.92 Å². The number of carbonyl (C=O) groups is 1. The van der Waals surface area contributed by atoms with Crippen molar-refractivity contribution in [2.75, 3.05) is 6.61 Å². The van der Waals surface area contributed by atoms with Crippen molar-refractivity contribution < 1.29 is 9.53 Å². The first-order valence-electron chi connectivity index (χ1n) is 4.28. The maximum Gasteiger partial charge on any atom is 0.297 e. The van der Waals surface area contributed by atoms with Crippen molar-refractivity contribution in [3.8, 4) is 10.8 Å². The molecule has 1 rings (SSSR count). The van der Waals surface area contributed by atoms with E-state index in [9.17, 15) is 4.79 Å². The molecule has 1 saturated heterocycles. The minimum atomic E-state index is -0.264. The van der Waals surface area contributed by atoms with Gasteiger partial charge in [0.1, 0.15) is 0 Å². The summed E-state index contributed by atoms with van der Waals surface area (Å²) in [6.07, 6.45) is 2.25. The van der Waals surface area contributed by atoms with Crippen molar-refractivity contribution in [2.45, 2.75) is 31.9 Å². The van der Waals surface area contributed by atoms with Crippen LogP contribution in [0.4, 0.5) is 0 Å². The standard InChI is InChI=1S/C9H12BrNO2/c1-7(8-3-2-6-13-8)11-9(12)4-5-10/h7-8H,2-3,6H2,1H3,(H,11,12). The third kappa shape index (κ3) is 3.37. The molecule has 0 aliphatic carbocycles. The number of carbonyl (C=O) groups excluding carboxylic acids is 1. The highest BCUT2D eigenvalue weighted by atomic mass is 79.9. The Morgan fingerprint density at radius 1 is 1.77 bits per heavy atom. The van der Waals surface area contributed by atoms with Gasteiger partial charge in [-0.05, 0) is 24.6 Å². The second kappa shape index (κ2) is 5.25. The minimum absolute atomic E-state index is 0.0448. The quantitative estimate of drug-likeness (QED) is 0.739. The van der Waals surface area contributed by atoms with Crippen LogP contribution in [0.25, 0.3) is 0 Å². The largest absolute Gasteiger partial charge is 0.376 e. The molecule has 2 unspecified atom stereocenters. The van der Waals surface area contributed by atoms with E-state index in [1.54, 1.807) is 0 Å². The Kier molecular flexibility index (Phi) is 4.26. The van der Waals surface area contributed by atoms with E-state index in [-0.39, 0.29) is 18.1 Å². The van der Waals surface area contributed by atoms with Gasteiger partial charge in [0.05, 0.1) is 12.1 Å². The fourth-order valence-electron chi connectivity index (χ4n) is 1.38. The molecule has 0 aromatic rings. The van der Waals surface area contributed by atoms with Crippen molar-refractivity contribution in [3.05, 3.63) is 0 Å². The summed E-state index contributed by atoms with van der Waals surface area (Å²) in [5.74, 6) is 2.10. The molecule has 1 N–H and O–H groups in total. The van der Waals surface area contributed by atoms with E-state index >= 15 is 0 Å². The zero-order valence-electron chi connectivity index (χ0n) is 7.47. The second-order valence-corrected chi connectivity index (χ2v) is 3.43. The predicted molar refractivity (Wildman–Crippen MR) is 53.3 cm³/mol. The molecule has 1 aliphatic rings. The summed E-state index contributed by atoms with van der Waals surface area (Å²) in [7, 11) is 0. The van der Waals surface area contributed by atoms with Crippen LogP contribution >= 0.6 is 15.9 Å². The lowest BCUT2D eigenvalue weighted by Gasteiger charge is -2.18. The van der Waals surface area contributed by atoms with E-state index < -0.39 is 0 Å². The monoisotopic (exact) mass is 245 g/mol. The molecule has 0 aromatic heterocycles. The molecule has 1 fully saturated rings. The van der Waals surface area contributed by atoms with Gasteiger partial charge in [0, 0.05) is 28.5 Å². The van der Waals surface area contributed by atoms with Crippen molar-refractivity contribution in [1.82, 2.24) is 5.32 Å². The molecule has 1 amide bonds. The summed E-state index contributed by atoms with van der Waals surface area (Å²) in [6.45, 7) is 2.73. The lowest BCUT2D eigenvalue weighted by molar-refractivity contribution is -0.117. The lowest BCUT2D eigenvalue weighted by atomic mass is 10.1. The zero-order chi connectivity index (χ0) is 9.68. The number of ether oxygens (including phenoxy) is 1. The van der Waals surface area contributed by atoms with E-state index in [2.05, 4.69) is 32.0 Å². The van der Waals surface area contributed by atoms with Gasteiger partial charge in [0.2, 0.25) is 0 Å². The summed E-state index contributed by atoms with van der Waals surface area (Å²) in [6, 6.07) is 0.0448. The fraction of sp³-hybridized carbons (Fsp3) is 0.667. The Labute approximate surface area is 86.3 Å². The minimum Gasteiger partial charge on any atom is -0.376 e. The van der Waals surface area contributed by atoms with Gasteiger partial charge >= 0.3 is 0 Å². The van der Waals surface area contributed by atoms with Crippen LogP contribution in [-0.2, 0) is 9.53 Å². The average Bonchev–Trinajstić information content (AvgIpc) is 2.55. The first-order chi connectivity index (χ1) is 6.24. The molecule has 1 heterocycles. The third-order valence-electron chi connectivity index (χ3n) is 2.04. The number of nitrogens with one attached hydrogen (secondary N) is 1. The predicted octanol–water partition coefficient (Wildman–Crippen LogP) is 1.03. The Hall–Kier alpha value is -0.530. The van der Waals surface area contributed by atoms with Crippen molar-refractivity contribution in [2.24, 2.45) is 0 Å². The topological polar surface area (TPSA) is 38.3 Å². The number of hydrogen-bond acceptors (Lipinski definition) is 2. The Morgan fingerprint density at radius 2 is 2.54 bits per heavy atom. The van der Waals surface area contributed by atoms with Crippen LogP contribution in [0.2, 0.25) is 0 Å². The van der Waals surface area contributed by atoms with Gasteiger partial charge in [-0.2, -0.15) is 0 Å².